The molecule has 0 N–H and O–H groups in total. The number of thiophene rings is 1. The maximum atomic E-state index is 12.8. The molecule has 0 atom stereocenters. The van der Waals surface area contributed by atoms with Gasteiger partial charge in [-0.1, -0.05) is 11.6 Å². The second kappa shape index (κ2) is 5.19. The molecule has 19 heavy (non-hydrogen) atoms. The van der Waals surface area contributed by atoms with Gasteiger partial charge in [0.25, 0.3) is 0 Å². The molecule has 3 rings (SSSR count). The van der Waals surface area contributed by atoms with E-state index in [1.807, 2.05) is 18.2 Å². The highest BCUT2D eigenvalue weighted by atomic mass is 35.5. The quantitative estimate of drug-likeness (QED) is 0.639. The van der Waals surface area contributed by atoms with Gasteiger partial charge < -0.3 is 4.74 Å². The number of hydrogen-bond acceptors (Lipinski definition) is 2. The lowest BCUT2D eigenvalue weighted by atomic mass is 10.2. The standard InChI is InChI=1S/C15H10ClFOS/c16-11-1-6-15-10(7-11)8-14(19-15)9-18-13-4-2-12(17)3-5-13/h1-8H,9H2. The SMILES string of the molecule is Fc1ccc(OCc2cc3cc(Cl)ccc3s2)cc1. The smallest absolute Gasteiger partial charge is 0.123 e. The molecule has 0 radical (unpaired) electrons. The monoisotopic (exact) mass is 292 g/mol. The Balaban J connectivity index is 1.76. The highest BCUT2D eigenvalue weighted by Gasteiger charge is 2.03. The first-order valence-electron chi connectivity index (χ1n) is 5.77. The number of rotatable bonds is 3. The molecule has 1 nitrogen and oxygen atoms in total. The lowest BCUT2D eigenvalue weighted by Crippen LogP contribution is -1.92. The maximum absolute atomic E-state index is 12.8. The second-order valence-electron chi connectivity index (χ2n) is 4.14. The molecule has 96 valence electrons. The molecule has 3 aromatic rings. The number of halogens is 2. The van der Waals surface area contributed by atoms with Crippen molar-refractivity contribution in [2.45, 2.75) is 6.61 Å². The minimum atomic E-state index is -0.260. The predicted molar refractivity (Wildman–Crippen MR) is 77.6 cm³/mol. The van der Waals surface area contributed by atoms with Crippen LogP contribution >= 0.6 is 22.9 Å². The van der Waals surface area contributed by atoms with E-state index in [-0.39, 0.29) is 5.82 Å². The highest BCUT2D eigenvalue weighted by molar-refractivity contribution is 7.19. The van der Waals surface area contributed by atoms with E-state index in [4.69, 9.17) is 16.3 Å². The Kier molecular flexibility index (Phi) is 3.40. The average Bonchev–Trinajstić information content (AvgIpc) is 2.80. The third kappa shape index (κ3) is 2.88. The van der Waals surface area contributed by atoms with Gasteiger partial charge in [-0.05, 0) is 53.9 Å². The van der Waals surface area contributed by atoms with Crippen molar-refractivity contribution in [2.24, 2.45) is 0 Å². The summed E-state index contributed by atoms with van der Waals surface area (Å²) >= 11 is 7.62. The summed E-state index contributed by atoms with van der Waals surface area (Å²) in [5.41, 5.74) is 0. The molecular formula is C15H10ClFOS. The van der Waals surface area contributed by atoms with Crippen LogP contribution in [0.4, 0.5) is 4.39 Å². The zero-order valence-corrected chi connectivity index (χ0v) is 11.5. The van der Waals surface area contributed by atoms with Gasteiger partial charge in [-0.15, -0.1) is 11.3 Å². The topological polar surface area (TPSA) is 9.23 Å². The second-order valence-corrected chi connectivity index (χ2v) is 5.74. The first kappa shape index (κ1) is 12.5. The Hall–Kier alpha value is -1.58. The van der Waals surface area contributed by atoms with Crippen molar-refractivity contribution in [3.8, 4) is 5.75 Å². The normalized spacial score (nSPS) is 10.8. The molecule has 1 heterocycles. The van der Waals surface area contributed by atoms with Crippen molar-refractivity contribution in [3.63, 3.8) is 0 Å². The fraction of sp³-hybridized carbons (Fsp3) is 0.0667. The molecule has 0 aliphatic heterocycles. The fourth-order valence-electron chi connectivity index (χ4n) is 1.83. The minimum absolute atomic E-state index is 0.260. The van der Waals surface area contributed by atoms with E-state index in [9.17, 15) is 4.39 Å². The number of ether oxygens (including phenoxy) is 1. The van der Waals surface area contributed by atoms with Crippen LogP contribution < -0.4 is 4.74 Å². The van der Waals surface area contributed by atoms with Gasteiger partial charge in [-0.3, -0.25) is 0 Å². The van der Waals surface area contributed by atoms with Crippen LogP contribution in [0.5, 0.6) is 5.75 Å². The molecule has 0 saturated heterocycles. The van der Waals surface area contributed by atoms with Crippen molar-refractivity contribution in [1.29, 1.82) is 0 Å². The largest absolute Gasteiger partial charge is 0.488 e. The van der Waals surface area contributed by atoms with Gasteiger partial charge in [0.1, 0.15) is 18.2 Å². The van der Waals surface area contributed by atoms with Crippen molar-refractivity contribution >= 4 is 33.0 Å². The zero-order valence-electron chi connectivity index (χ0n) is 9.90. The summed E-state index contributed by atoms with van der Waals surface area (Å²) in [6, 6.07) is 13.9. The number of hydrogen-bond donors (Lipinski definition) is 0. The van der Waals surface area contributed by atoms with E-state index < -0.39 is 0 Å². The van der Waals surface area contributed by atoms with Crippen LogP contribution in [0.1, 0.15) is 4.88 Å². The lowest BCUT2D eigenvalue weighted by molar-refractivity contribution is 0.309. The summed E-state index contributed by atoms with van der Waals surface area (Å²) in [5, 5.41) is 1.85. The highest BCUT2D eigenvalue weighted by Crippen LogP contribution is 2.28. The molecule has 0 spiro atoms. The number of benzene rings is 2. The Morgan fingerprint density at radius 1 is 1.05 bits per heavy atom. The predicted octanol–water partition coefficient (Wildman–Crippen LogP) is 5.27. The molecule has 1 aromatic heterocycles. The molecular weight excluding hydrogens is 283 g/mol. The van der Waals surface area contributed by atoms with Crippen molar-refractivity contribution in [2.75, 3.05) is 0 Å². The molecule has 4 heteroatoms. The zero-order chi connectivity index (χ0) is 13.2. The molecule has 0 aliphatic rings. The molecule has 2 aromatic carbocycles. The fourth-order valence-corrected chi connectivity index (χ4v) is 2.96. The summed E-state index contributed by atoms with van der Waals surface area (Å²) in [6.45, 7) is 0.475. The summed E-state index contributed by atoms with van der Waals surface area (Å²) in [4.78, 5) is 1.11. The van der Waals surface area contributed by atoms with Crippen molar-refractivity contribution in [1.82, 2.24) is 0 Å². The van der Waals surface area contributed by atoms with E-state index in [0.717, 1.165) is 15.3 Å². The Morgan fingerprint density at radius 3 is 2.63 bits per heavy atom. The third-order valence-corrected chi connectivity index (χ3v) is 4.05. The van der Waals surface area contributed by atoms with E-state index in [2.05, 4.69) is 6.07 Å². The van der Waals surface area contributed by atoms with E-state index in [0.29, 0.717) is 12.4 Å². The van der Waals surface area contributed by atoms with Crippen LogP contribution in [0, 0.1) is 5.82 Å². The molecule has 0 amide bonds. The Labute approximate surface area is 119 Å². The molecule has 0 saturated carbocycles. The van der Waals surface area contributed by atoms with Gasteiger partial charge in [-0.25, -0.2) is 4.39 Å². The van der Waals surface area contributed by atoms with Gasteiger partial charge in [0.05, 0.1) is 0 Å². The van der Waals surface area contributed by atoms with Crippen molar-refractivity contribution < 1.29 is 9.13 Å². The van der Waals surface area contributed by atoms with Crippen LogP contribution in [0.15, 0.2) is 48.5 Å². The van der Waals surface area contributed by atoms with Crippen LogP contribution in [0.2, 0.25) is 5.02 Å². The summed E-state index contributed by atoms with van der Waals surface area (Å²) in [6.07, 6.45) is 0. The summed E-state index contributed by atoms with van der Waals surface area (Å²) in [7, 11) is 0. The Bertz CT molecular complexity index is 706. The van der Waals surface area contributed by atoms with Gasteiger partial charge in [0, 0.05) is 14.6 Å². The Morgan fingerprint density at radius 2 is 1.84 bits per heavy atom. The van der Waals surface area contributed by atoms with Gasteiger partial charge in [-0.2, -0.15) is 0 Å². The van der Waals surface area contributed by atoms with E-state index in [1.54, 1.807) is 23.5 Å². The molecule has 0 bridgehead atoms. The number of fused-ring (bicyclic) bond motifs is 1. The molecule has 0 unspecified atom stereocenters. The van der Waals surface area contributed by atoms with Crippen LogP contribution in [0.25, 0.3) is 10.1 Å². The van der Waals surface area contributed by atoms with E-state index in [1.165, 1.54) is 16.8 Å². The van der Waals surface area contributed by atoms with Crippen LogP contribution in [-0.4, -0.2) is 0 Å². The van der Waals surface area contributed by atoms with Gasteiger partial charge in [0.15, 0.2) is 0 Å². The minimum Gasteiger partial charge on any atom is -0.488 e. The van der Waals surface area contributed by atoms with Crippen LogP contribution in [-0.2, 0) is 6.61 Å². The first-order valence-corrected chi connectivity index (χ1v) is 6.96. The van der Waals surface area contributed by atoms with E-state index >= 15 is 0 Å². The third-order valence-electron chi connectivity index (χ3n) is 2.72. The van der Waals surface area contributed by atoms with Gasteiger partial charge >= 0.3 is 0 Å². The molecule has 0 fully saturated rings. The van der Waals surface area contributed by atoms with Gasteiger partial charge in [0.2, 0.25) is 0 Å². The van der Waals surface area contributed by atoms with Crippen molar-refractivity contribution in [3.05, 3.63) is 64.2 Å². The molecule has 0 aliphatic carbocycles. The average molecular weight is 293 g/mol. The maximum Gasteiger partial charge on any atom is 0.123 e. The first-order chi connectivity index (χ1) is 9.20. The summed E-state index contributed by atoms with van der Waals surface area (Å²) < 4.78 is 19.6. The summed E-state index contributed by atoms with van der Waals surface area (Å²) in [5.74, 6) is 0.403. The lowest BCUT2D eigenvalue weighted by Gasteiger charge is -2.03. The van der Waals surface area contributed by atoms with Crippen LogP contribution in [0.3, 0.4) is 0 Å².